The van der Waals surface area contributed by atoms with Crippen LogP contribution in [0.5, 0.6) is 11.5 Å². The van der Waals surface area contributed by atoms with Gasteiger partial charge in [0.05, 0.1) is 31.8 Å². The van der Waals surface area contributed by atoms with E-state index in [9.17, 15) is 0 Å². The summed E-state index contributed by atoms with van der Waals surface area (Å²) in [6.45, 7) is 3.43. The highest BCUT2D eigenvalue weighted by Crippen LogP contribution is 2.30. The van der Waals surface area contributed by atoms with Crippen LogP contribution in [0.4, 0.5) is 5.95 Å². The van der Waals surface area contributed by atoms with Crippen molar-refractivity contribution in [3.63, 3.8) is 0 Å². The first-order chi connectivity index (χ1) is 11.5. The maximum absolute atomic E-state index is 5.93. The van der Waals surface area contributed by atoms with E-state index in [-0.39, 0.29) is 0 Å². The van der Waals surface area contributed by atoms with E-state index in [1.807, 2.05) is 39.2 Å². The minimum atomic E-state index is 0.347. The second-order valence-electron chi connectivity index (χ2n) is 5.71. The number of aryl methyl sites for hydroxylation is 1. The molecule has 1 aromatic carbocycles. The Morgan fingerprint density at radius 1 is 1.38 bits per heavy atom. The average Bonchev–Trinajstić information content (AvgIpc) is 2.87. The topological polar surface area (TPSA) is 77.9 Å². The number of hydrogen-bond acceptors (Lipinski definition) is 6. The third-order valence-corrected chi connectivity index (χ3v) is 3.38. The van der Waals surface area contributed by atoms with Crippen LogP contribution in [-0.2, 0) is 0 Å². The zero-order valence-corrected chi connectivity index (χ0v) is 14.7. The van der Waals surface area contributed by atoms with Gasteiger partial charge >= 0.3 is 0 Å². The Morgan fingerprint density at radius 3 is 2.79 bits per heavy atom. The number of nitrogens with zero attached hydrogens (tertiary/aromatic N) is 4. The van der Waals surface area contributed by atoms with E-state index >= 15 is 0 Å². The molecule has 0 saturated heterocycles. The van der Waals surface area contributed by atoms with Crippen LogP contribution in [0.2, 0.25) is 0 Å². The van der Waals surface area contributed by atoms with Crippen molar-refractivity contribution in [2.45, 2.75) is 13.3 Å². The summed E-state index contributed by atoms with van der Waals surface area (Å²) in [6, 6.07) is 5.69. The van der Waals surface area contributed by atoms with E-state index in [1.165, 1.54) is 4.68 Å². The molecule has 130 valence electrons. The van der Waals surface area contributed by atoms with E-state index in [0.717, 1.165) is 24.2 Å². The molecule has 24 heavy (non-hydrogen) atoms. The molecule has 1 heterocycles. The maximum atomic E-state index is 5.93. The number of imidazole rings is 1. The average molecular weight is 331 g/mol. The number of hydrogen-bond donors (Lipinski definition) is 1. The molecule has 1 aromatic heterocycles. The van der Waals surface area contributed by atoms with E-state index in [0.29, 0.717) is 24.1 Å². The Balaban J connectivity index is 2.17. The van der Waals surface area contributed by atoms with E-state index in [1.54, 1.807) is 19.5 Å². The van der Waals surface area contributed by atoms with Crippen LogP contribution < -0.4 is 15.2 Å². The van der Waals surface area contributed by atoms with Crippen molar-refractivity contribution in [1.29, 1.82) is 0 Å². The number of methoxy groups -OCH3 is 1. The fraction of sp³-hybridized carbons (Fsp3) is 0.412. The second-order valence-corrected chi connectivity index (χ2v) is 5.71. The summed E-state index contributed by atoms with van der Waals surface area (Å²) in [5, 5.41) is 4.35. The minimum Gasteiger partial charge on any atom is -0.493 e. The molecule has 2 aromatic rings. The second kappa shape index (κ2) is 8.35. The monoisotopic (exact) mass is 331 g/mol. The van der Waals surface area contributed by atoms with E-state index < -0.39 is 0 Å². The van der Waals surface area contributed by atoms with Crippen molar-refractivity contribution in [3.05, 3.63) is 35.7 Å². The zero-order chi connectivity index (χ0) is 17.5. The first-order valence-electron chi connectivity index (χ1n) is 7.81. The Hall–Kier alpha value is -2.54. The van der Waals surface area contributed by atoms with Crippen molar-refractivity contribution in [1.82, 2.24) is 14.6 Å². The van der Waals surface area contributed by atoms with Crippen molar-refractivity contribution in [3.8, 4) is 11.5 Å². The molecule has 0 amide bonds. The molecular weight excluding hydrogens is 306 g/mol. The van der Waals surface area contributed by atoms with Gasteiger partial charge in [0.25, 0.3) is 0 Å². The zero-order valence-electron chi connectivity index (χ0n) is 14.7. The fourth-order valence-corrected chi connectivity index (χ4v) is 2.23. The number of para-hydroxylation sites is 1. The fourth-order valence-electron chi connectivity index (χ4n) is 2.23. The summed E-state index contributed by atoms with van der Waals surface area (Å²) in [4.78, 5) is 6.25. The van der Waals surface area contributed by atoms with Crippen molar-refractivity contribution < 1.29 is 9.47 Å². The van der Waals surface area contributed by atoms with Crippen LogP contribution in [0.3, 0.4) is 0 Å². The molecule has 7 nitrogen and oxygen atoms in total. The molecule has 0 spiro atoms. The predicted octanol–water partition coefficient (Wildman–Crippen LogP) is 2.00. The number of nitrogens with two attached hydrogens (primary N) is 1. The molecule has 0 atom stereocenters. The molecule has 0 aliphatic carbocycles. The number of anilines is 1. The molecule has 0 unspecified atom stereocenters. The van der Waals surface area contributed by atoms with E-state index in [2.05, 4.69) is 15.0 Å². The van der Waals surface area contributed by atoms with Crippen molar-refractivity contribution in [2.24, 2.45) is 5.10 Å². The summed E-state index contributed by atoms with van der Waals surface area (Å²) >= 11 is 0. The van der Waals surface area contributed by atoms with Crippen LogP contribution >= 0.6 is 0 Å². The number of rotatable bonds is 8. The normalized spacial score (nSPS) is 11.4. The minimum absolute atomic E-state index is 0.347. The van der Waals surface area contributed by atoms with Gasteiger partial charge in [-0.05, 0) is 39.6 Å². The van der Waals surface area contributed by atoms with Gasteiger partial charge in [-0.25, -0.2) is 9.66 Å². The van der Waals surface area contributed by atoms with Crippen LogP contribution in [0.15, 0.2) is 29.5 Å². The highest BCUT2D eigenvalue weighted by Gasteiger charge is 2.09. The Morgan fingerprint density at radius 2 is 2.17 bits per heavy atom. The van der Waals surface area contributed by atoms with Crippen LogP contribution in [0, 0.1) is 6.92 Å². The first-order valence-corrected chi connectivity index (χ1v) is 7.81. The third-order valence-electron chi connectivity index (χ3n) is 3.38. The highest BCUT2D eigenvalue weighted by atomic mass is 16.5. The highest BCUT2D eigenvalue weighted by molar-refractivity contribution is 5.85. The Bertz CT molecular complexity index is 694. The smallest absolute Gasteiger partial charge is 0.221 e. The molecule has 2 N–H and O–H groups in total. The van der Waals surface area contributed by atoms with Gasteiger partial charge in [-0.3, -0.25) is 0 Å². The molecule has 2 rings (SSSR count). The van der Waals surface area contributed by atoms with E-state index in [4.69, 9.17) is 15.2 Å². The summed E-state index contributed by atoms with van der Waals surface area (Å²) < 4.78 is 12.9. The van der Waals surface area contributed by atoms with Gasteiger partial charge in [-0.1, -0.05) is 6.07 Å². The molecule has 0 bridgehead atoms. The lowest BCUT2D eigenvalue weighted by molar-refractivity contribution is 0.268. The van der Waals surface area contributed by atoms with Crippen LogP contribution in [0.1, 0.15) is 17.7 Å². The predicted molar refractivity (Wildman–Crippen MR) is 96.0 cm³/mol. The van der Waals surface area contributed by atoms with Crippen molar-refractivity contribution >= 4 is 12.2 Å². The molecule has 0 fully saturated rings. The van der Waals surface area contributed by atoms with Crippen LogP contribution in [-0.4, -0.2) is 55.1 Å². The number of ether oxygens (including phenoxy) is 2. The quantitative estimate of drug-likeness (QED) is 0.591. The number of nitrogen functional groups attached to an aromatic ring is 1. The first kappa shape index (κ1) is 17.8. The summed E-state index contributed by atoms with van der Waals surface area (Å²) in [5.41, 5.74) is 7.44. The van der Waals surface area contributed by atoms with Gasteiger partial charge in [-0.15, -0.1) is 0 Å². The third kappa shape index (κ3) is 4.73. The number of aromatic nitrogens is 2. The SMILES string of the molecule is COc1cccc(C=Nn2cc(C)nc2N)c1OCCCN(C)C. The lowest BCUT2D eigenvalue weighted by Gasteiger charge is -2.14. The molecule has 0 aliphatic heterocycles. The van der Waals surface area contributed by atoms with Crippen molar-refractivity contribution in [2.75, 3.05) is 40.1 Å². The van der Waals surface area contributed by atoms with Crippen LogP contribution in [0.25, 0.3) is 0 Å². The summed E-state index contributed by atoms with van der Waals surface area (Å²) in [7, 11) is 5.71. The largest absolute Gasteiger partial charge is 0.493 e. The standard InChI is InChI=1S/C17H25N5O2/c1-13-12-22(17(18)20-13)19-11-14-7-5-8-15(23-4)16(14)24-10-6-9-21(2)3/h5,7-8,11-12H,6,9-10H2,1-4H3,(H2,18,20). The molecule has 0 saturated carbocycles. The van der Waals surface area contributed by atoms with Gasteiger partial charge < -0.3 is 20.1 Å². The molecule has 0 radical (unpaired) electrons. The Kier molecular flexibility index (Phi) is 6.20. The molecular formula is C17H25N5O2. The molecule has 7 heteroatoms. The van der Waals surface area contributed by atoms with Gasteiger partial charge in [-0.2, -0.15) is 5.10 Å². The summed E-state index contributed by atoms with van der Waals surface area (Å²) in [6.07, 6.45) is 4.39. The van der Waals surface area contributed by atoms with Gasteiger partial charge in [0.1, 0.15) is 0 Å². The lowest BCUT2D eigenvalue weighted by Crippen LogP contribution is -2.16. The van der Waals surface area contributed by atoms with Gasteiger partial charge in [0.2, 0.25) is 5.95 Å². The Labute approximate surface area is 142 Å². The lowest BCUT2D eigenvalue weighted by atomic mass is 10.2. The summed E-state index contributed by atoms with van der Waals surface area (Å²) in [5.74, 6) is 1.71. The number of benzene rings is 1. The maximum Gasteiger partial charge on any atom is 0.221 e. The van der Waals surface area contributed by atoms with Gasteiger partial charge in [0, 0.05) is 12.1 Å². The molecule has 0 aliphatic rings. The van der Waals surface area contributed by atoms with Gasteiger partial charge in [0.15, 0.2) is 11.5 Å².